The second-order valence-electron chi connectivity index (χ2n) is 4.03. The van der Waals surface area contributed by atoms with E-state index >= 15 is 0 Å². The first-order valence-corrected chi connectivity index (χ1v) is 7.00. The predicted molar refractivity (Wildman–Crippen MR) is 86.1 cm³/mol. The maximum absolute atomic E-state index is 11.5. The van der Waals surface area contributed by atoms with Gasteiger partial charge in [-0.3, -0.25) is 4.79 Å². The van der Waals surface area contributed by atoms with Gasteiger partial charge in [-0.1, -0.05) is 0 Å². The van der Waals surface area contributed by atoms with Crippen LogP contribution in [-0.4, -0.2) is 17.5 Å². The number of halogens is 1. The number of nitriles is 1. The fraction of sp³-hybridized carbons (Fsp3) is 0.0667. The van der Waals surface area contributed by atoms with Gasteiger partial charge in [-0.2, -0.15) is 5.26 Å². The lowest BCUT2D eigenvalue weighted by Gasteiger charge is -2.07. The first-order chi connectivity index (χ1) is 9.65. The molecule has 20 heavy (non-hydrogen) atoms. The Labute approximate surface area is 130 Å². The molecule has 0 unspecified atom stereocenters. The van der Waals surface area contributed by atoms with E-state index in [1.54, 1.807) is 6.08 Å². The molecule has 5 heteroatoms. The number of amides is 1. The van der Waals surface area contributed by atoms with E-state index in [9.17, 15) is 4.79 Å². The van der Waals surface area contributed by atoms with Gasteiger partial charge in [0.05, 0.1) is 0 Å². The van der Waals surface area contributed by atoms with E-state index in [-0.39, 0.29) is 11.5 Å². The van der Waals surface area contributed by atoms with E-state index in [0.29, 0.717) is 0 Å². The fourth-order valence-electron chi connectivity index (χ4n) is 1.78. The van der Waals surface area contributed by atoms with E-state index in [4.69, 9.17) is 5.26 Å². The summed E-state index contributed by atoms with van der Waals surface area (Å²) in [5.74, 6) is -0.386. The van der Waals surface area contributed by atoms with Crippen molar-refractivity contribution in [1.82, 2.24) is 9.88 Å². The average molecular weight is 377 g/mol. The minimum Gasteiger partial charge on any atom is -0.354 e. The van der Waals surface area contributed by atoms with E-state index in [0.717, 1.165) is 15.0 Å². The van der Waals surface area contributed by atoms with Crippen LogP contribution in [0.5, 0.6) is 0 Å². The third kappa shape index (κ3) is 3.08. The summed E-state index contributed by atoms with van der Waals surface area (Å²) in [6, 6.07) is 13.6. The fourth-order valence-corrected chi connectivity index (χ4v) is 2.14. The number of rotatable bonds is 3. The molecule has 1 aromatic heterocycles. The highest BCUT2D eigenvalue weighted by Gasteiger charge is 2.08. The molecule has 0 saturated heterocycles. The lowest BCUT2D eigenvalue weighted by Crippen LogP contribution is -2.19. The monoisotopic (exact) mass is 377 g/mol. The van der Waals surface area contributed by atoms with Gasteiger partial charge in [-0.05, 0) is 65.1 Å². The minimum atomic E-state index is -0.386. The van der Waals surface area contributed by atoms with Gasteiger partial charge in [0.25, 0.3) is 5.91 Å². The molecule has 4 nitrogen and oxygen atoms in total. The Morgan fingerprint density at radius 3 is 2.65 bits per heavy atom. The van der Waals surface area contributed by atoms with Gasteiger partial charge in [-0.25, -0.2) is 0 Å². The van der Waals surface area contributed by atoms with Crippen LogP contribution >= 0.6 is 22.6 Å². The van der Waals surface area contributed by atoms with Gasteiger partial charge in [0.2, 0.25) is 0 Å². The van der Waals surface area contributed by atoms with E-state index in [2.05, 4.69) is 27.9 Å². The summed E-state index contributed by atoms with van der Waals surface area (Å²) >= 11 is 2.25. The molecular formula is C15H12IN3O. The molecule has 1 heterocycles. The summed E-state index contributed by atoms with van der Waals surface area (Å²) < 4.78 is 3.08. The third-order valence-corrected chi connectivity index (χ3v) is 3.49. The van der Waals surface area contributed by atoms with Crippen molar-refractivity contribution in [3.05, 3.63) is 57.4 Å². The lowest BCUT2D eigenvalue weighted by molar-refractivity contribution is -0.116. The molecule has 2 rings (SSSR count). The molecule has 100 valence electrons. The van der Waals surface area contributed by atoms with Gasteiger partial charge in [-0.15, -0.1) is 0 Å². The molecule has 0 fully saturated rings. The Morgan fingerprint density at radius 1 is 1.35 bits per heavy atom. The van der Waals surface area contributed by atoms with Crippen molar-refractivity contribution < 1.29 is 4.79 Å². The van der Waals surface area contributed by atoms with Gasteiger partial charge in [0.15, 0.2) is 0 Å². The number of hydrogen-bond acceptors (Lipinski definition) is 2. The average Bonchev–Trinajstić information content (AvgIpc) is 2.93. The van der Waals surface area contributed by atoms with Crippen molar-refractivity contribution in [3.8, 4) is 11.8 Å². The zero-order valence-electron chi connectivity index (χ0n) is 10.8. The van der Waals surface area contributed by atoms with Crippen molar-refractivity contribution in [2.75, 3.05) is 7.05 Å². The maximum Gasteiger partial charge on any atom is 0.261 e. The molecular weight excluding hydrogens is 365 g/mol. The zero-order valence-corrected chi connectivity index (χ0v) is 13.0. The van der Waals surface area contributed by atoms with Gasteiger partial charge in [0, 0.05) is 28.2 Å². The van der Waals surface area contributed by atoms with Gasteiger partial charge in [0.1, 0.15) is 11.6 Å². The topological polar surface area (TPSA) is 57.8 Å². The smallest absolute Gasteiger partial charge is 0.261 e. The summed E-state index contributed by atoms with van der Waals surface area (Å²) in [5, 5.41) is 11.5. The van der Waals surface area contributed by atoms with Gasteiger partial charge >= 0.3 is 0 Å². The van der Waals surface area contributed by atoms with E-state index in [1.807, 2.05) is 53.2 Å². The molecule has 0 spiro atoms. The van der Waals surface area contributed by atoms with Crippen molar-refractivity contribution in [2.45, 2.75) is 0 Å². The second-order valence-corrected chi connectivity index (χ2v) is 5.27. The molecule has 0 aliphatic carbocycles. The number of carbonyl (C=O) groups excluding carboxylic acids is 1. The molecule has 1 aromatic carbocycles. The van der Waals surface area contributed by atoms with Crippen LogP contribution in [0.3, 0.4) is 0 Å². The van der Waals surface area contributed by atoms with Crippen LogP contribution in [0.25, 0.3) is 11.8 Å². The van der Waals surface area contributed by atoms with Crippen molar-refractivity contribution in [3.63, 3.8) is 0 Å². The quantitative estimate of drug-likeness (QED) is 0.508. The molecule has 1 amide bonds. The highest BCUT2D eigenvalue weighted by atomic mass is 127. The van der Waals surface area contributed by atoms with Crippen LogP contribution in [0.4, 0.5) is 0 Å². The van der Waals surface area contributed by atoms with Crippen LogP contribution in [0, 0.1) is 14.9 Å². The Hall–Kier alpha value is -2.07. The summed E-state index contributed by atoms with van der Waals surface area (Å²) in [4.78, 5) is 11.5. The molecule has 2 aromatic rings. The Kier molecular flexibility index (Phi) is 4.58. The molecule has 0 aliphatic rings. The number of benzene rings is 1. The number of likely N-dealkylation sites (N-methyl/N-ethyl adjacent to an activating group) is 1. The highest BCUT2D eigenvalue weighted by Crippen LogP contribution is 2.17. The minimum absolute atomic E-state index is 0.0814. The van der Waals surface area contributed by atoms with Crippen LogP contribution < -0.4 is 5.32 Å². The molecule has 0 aliphatic heterocycles. The van der Waals surface area contributed by atoms with Crippen molar-refractivity contribution in [2.24, 2.45) is 0 Å². The molecule has 0 bridgehead atoms. The number of carbonyl (C=O) groups is 1. The third-order valence-electron chi connectivity index (χ3n) is 2.77. The standard InChI is InChI=1S/C15H12IN3O/c1-18-15(20)11(10-17)9-14-3-2-8-19(14)13-6-4-12(16)5-7-13/h2-9H,1H3,(H,18,20). The van der Waals surface area contributed by atoms with Crippen LogP contribution in [0.1, 0.15) is 5.69 Å². The maximum atomic E-state index is 11.5. The molecule has 0 radical (unpaired) electrons. The van der Waals surface area contributed by atoms with Crippen molar-refractivity contribution >= 4 is 34.6 Å². The van der Waals surface area contributed by atoms with E-state index in [1.165, 1.54) is 7.05 Å². The number of aromatic nitrogens is 1. The van der Waals surface area contributed by atoms with E-state index < -0.39 is 0 Å². The van der Waals surface area contributed by atoms with Crippen LogP contribution in [-0.2, 0) is 4.79 Å². The summed E-state index contributed by atoms with van der Waals surface area (Å²) in [7, 11) is 1.51. The summed E-state index contributed by atoms with van der Waals surface area (Å²) in [5.41, 5.74) is 1.85. The van der Waals surface area contributed by atoms with Crippen LogP contribution in [0.15, 0.2) is 48.2 Å². The molecule has 0 atom stereocenters. The SMILES string of the molecule is CNC(=O)C(C#N)=Cc1cccn1-c1ccc(I)cc1. The normalized spacial score (nSPS) is 10.9. The lowest BCUT2D eigenvalue weighted by atomic mass is 10.2. The number of nitrogens with one attached hydrogen (secondary N) is 1. The predicted octanol–water partition coefficient (Wildman–Crippen LogP) is 2.73. The van der Waals surface area contributed by atoms with Crippen molar-refractivity contribution in [1.29, 1.82) is 5.26 Å². The number of hydrogen-bond donors (Lipinski definition) is 1. The Bertz CT molecular complexity index is 693. The second kappa shape index (κ2) is 6.39. The Balaban J connectivity index is 2.43. The summed E-state index contributed by atoms with van der Waals surface area (Å²) in [6.07, 6.45) is 3.48. The molecule has 0 saturated carbocycles. The van der Waals surface area contributed by atoms with Crippen LogP contribution in [0.2, 0.25) is 0 Å². The highest BCUT2D eigenvalue weighted by molar-refractivity contribution is 14.1. The summed E-state index contributed by atoms with van der Waals surface area (Å²) in [6.45, 7) is 0. The zero-order chi connectivity index (χ0) is 14.5. The first kappa shape index (κ1) is 14.3. The Morgan fingerprint density at radius 2 is 2.05 bits per heavy atom. The molecule has 1 N–H and O–H groups in total. The largest absolute Gasteiger partial charge is 0.354 e. The number of nitrogens with zero attached hydrogens (tertiary/aromatic N) is 2. The first-order valence-electron chi connectivity index (χ1n) is 5.93. The van der Waals surface area contributed by atoms with Gasteiger partial charge < -0.3 is 9.88 Å².